The molecule has 0 saturated carbocycles. The Labute approximate surface area is 174 Å². The molecule has 146 valence electrons. The van der Waals surface area contributed by atoms with Crippen molar-refractivity contribution in [3.8, 4) is 0 Å². The van der Waals surface area contributed by atoms with Gasteiger partial charge in [0.05, 0.1) is 18.3 Å². The first-order chi connectivity index (χ1) is 14.2. The molecule has 1 unspecified atom stereocenters. The normalized spacial score (nSPS) is 16.5. The number of amides is 1. The van der Waals surface area contributed by atoms with Gasteiger partial charge in [-0.15, -0.1) is 0 Å². The molecular weight excluding hydrogens is 414 g/mol. The van der Waals surface area contributed by atoms with E-state index in [1.54, 1.807) is 42.9 Å². The summed E-state index contributed by atoms with van der Waals surface area (Å²) in [5, 5.41) is 6.93. The second-order valence-electron chi connectivity index (χ2n) is 6.38. The molecule has 9 heteroatoms. The number of hydrazone groups is 1. The molecule has 1 aromatic carbocycles. The van der Waals surface area contributed by atoms with E-state index in [-0.39, 0.29) is 17.7 Å². The zero-order valence-corrected chi connectivity index (χ0v) is 16.5. The van der Waals surface area contributed by atoms with Crippen LogP contribution in [-0.2, 0) is 4.79 Å². The molecule has 1 aliphatic heterocycles. The number of rotatable bonds is 5. The summed E-state index contributed by atoms with van der Waals surface area (Å²) in [7, 11) is 0. The topological polar surface area (TPSA) is 85.0 Å². The van der Waals surface area contributed by atoms with E-state index in [0.29, 0.717) is 45.0 Å². The average Bonchev–Trinajstić information content (AvgIpc) is 3.51. The van der Waals surface area contributed by atoms with Crippen LogP contribution >= 0.6 is 23.4 Å². The number of halogens is 1. The summed E-state index contributed by atoms with van der Waals surface area (Å²) in [6, 6.07) is 12.1. The van der Waals surface area contributed by atoms with E-state index in [4.69, 9.17) is 24.9 Å². The number of hydrogen-bond acceptors (Lipinski definition) is 7. The largest absolute Gasteiger partial charge is 0.467 e. The second kappa shape index (κ2) is 7.46. The standard InChI is InChI=1S/C20H14ClN3O4S/c21-12-5-6-17-13(9-12)22-20(28-17)29-11-19(25)24-15(18-4-2-8-27-18)10-14(23-24)16-3-1-7-26-16/h1-9,15H,10-11H2. The lowest BCUT2D eigenvalue weighted by atomic mass is 10.1. The van der Waals surface area contributed by atoms with E-state index in [1.165, 1.54) is 16.8 Å². The number of thioether (sulfide) groups is 1. The fourth-order valence-corrected chi connectivity index (χ4v) is 4.02. The number of carbonyl (C=O) groups is 1. The van der Waals surface area contributed by atoms with Crippen molar-refractivity contribution >= 4 is 46.1 Å². The molecule has 0 N–H and O–H groups in total. The molecule has 1 aliphatic rings. The third-order valence-corrected chi connectivity index (χ3v) is 5.54. The summed E-state index contributed by atoms with van der Waals surface area (Å²) in [6.07, 6.45) is 3.68. The fourth-order valence-electron chi connectivity index (χ4n) is 3.17. The predicted octanol–water partition coefficient (Wildman–Crippen LogP) is 5.14. The van der Waals surface area contributed by atoms with Crippen LogP contribution in [0.4, 0.5) is 0 Å². The molecule has 29 heavy (non-hydrogen) atoms. The summed E-state index contributed by atoms with van der Waals surface area (Å²) < 4.78 is 16.6. The third-order valence-electron chi connectivity index (χ3n) is 4.49. The molecule has 7 nitrogen and oxygen atoms in total. The maximum absolute atomic E-state index is 12.9. The van der Waals surface area contributed by atoms with Crippen LogP contribution in [0.3, 0.4) is 0 Å². The van der Waals surface area contributed by atoms with Crippen molar-refractivity contribution in [3.63, 3.8) is 0 Å². The van der Waals surface area contributed by atoms with Gasteiger partial charge in [0.1, 0.15) is 28.8 Å². The van der Waals surface area contributed by atoms with Gasteiger partial charge < -0.3 is 13.3 Å². The van der Waals surface area contributed by atoms with Crippen LogP contribution in [0.25, 0.3) is 11.1 Å². The maximum Gasteiger partial charge on any atom is 0.257 e. The summed E-state index contributed by atoms with van der Waals surface area (Å²) >= 11 is 7.19. The summed E-state index contributed by atoms with van der Waals surface area (Å²) in [6.45, 7) is 0. The van der Waals surface area contributed by atoms with Crippen molar-refractivity contribution in [1.29, 1.82) is 0 Å². The summed E-state index contributed by atoms with van der Waals surface area (Å²) in [4.78, 5) is 17.3. The first-order valence-corrected chi connectivity index (χ1v) is 10.2. The van der Waals surface area contributed by atoms with E-state index in [9.17, 15) is 4.79 Å². The van der Waals surface area contributed by atoms with Crippen molar-refractivity contribution < 1.29 is 18.0 Å². The molecule has 3 aromatic heterocycles. The first-order valence-electron chi connectivity index (χ1n) is 8.83. The fraction of sp³-hybridized carbons (Fsp3) is 0.150. The SMILES string of the molecule is O=C(CSc1nc2cc(Cl)ccc2o1)N1N=C(c2ccco2)CC1c1ccco1. The number of hydrogen-bond donors (Lipinski definition) is 0. The van der Waals surface area contributed by atoms with Crippen molar-refractivity contribution in [1.82, 2.24) is 9.99 Å². The van der Waals surface area contributed by atoms with Gasteiger partial charge in [0.15, 0.2) is 5.58 Å². The molecule has 0 fully saturated rings. The van der Waals surface area contributed by atoms with Crippen LogP contribution in [0.1, 0.15) is 24.0 Å². The predicted molar refractivity (Wildman–Crippen MR) is 108 cm³/mol. The molecular formula is C20H14ClN3O4S. The minimum absolute atomic E-state index is 0.118. The summed E-state index contributed by atoms with van der Waals surface area (Å²) in [5.74, 6) is 1.25. The average molecular weight is 428 g/mol. The van der Waals surface area contributed by atoms with Crippen molar-refractivity contribution in [2.24, 2.45) is 5.10 Å². The third kappa shape index (κ3) is 3.56. The second-order valence-corrected chi connectivity index (χ2v) is 7.74. The van der Waals surface area contributed by atoms with Crippen LogP contribution in [0.15, 0.2) is 78.6 Å². The smallest absolute Gasteiger partial charge is 0.257 e. The Morgan fingerprint density at radius 1 is 1.21 bits per heavy atom. The van der Waals surface area contributed by atoms with Gasteiger partial charge in [-0.05, 0) is 42.5 Å². The first kappa shape index (κ1) is 18.1. The Balaban J connectivity index is 1.35. The highest BCUT2D eigenvalue weighted by atomic mass is 35.5. The van der Waals surface area contributed by atoms with E-state index < -0.39 is 0 Å². The number of nitrogens with zero attached hydrogens (tertiary/aromatic N) is 3. The van der Waals surface area contributed by atoms with Gasteiger partial charge in [-0.1, -0.05) is 23.4 Å². The van der Waals surface area contributed by atoms with Gasteiger partial charge in [0, 0.05) is 11.4 Å². The monoisotopic (exact) mass is 427 g/mol. The molecule has 0 spiro atoms. The van der Waals surface area contributed by atoms with Crippen LogP contribution in [0.5, 0.6) is 0 Å². The highest BCUT2D eigenvalue weighted by molar-refractivity contribution is 7.99. The number of aromatic nitrogens is 1. The quantitative estimate of drug-likeness (QED) is 0.410. The summed E-state index contributed by atoms with van der Waals surface area (Å²) in [5.41, 5.74) is 1.98. The van der Waals surface area contributed by atoms with Crippen LogP contribution < -0.4 is 0 Å². The molecule has 1 atom stereocenters. The van der Waals surface area contributed by atoms with Gasteiger partial charge in [-0.3, -0.25) is 4.79 Å². The molecule has 0 aliphatic carbocycles. The highest BCUT2D eigenvalue weighted by Gasteiger charge is 2.35. The van der Waals surface area contributed by atoms with Gasteiger partial charge in [-0.25, -0.2) is 9.99 Å². The lowest BCUT2D eigenvalue weighted by Crippen LogP contribution is -2.28. The van der Waals surface area contributed by atoms with Gasteiger partial charge in [-0.2, -0.15) is 5.10 Å². The lowest BCUT2D eigenvalue weighted by Gasteiger charge is -2.19. The van der Waals surface area contributed by atoms with Crippen LogP contribution in [0, 0.1) is 0 Å². The molecule has 0 radical (unpaired) electrons. The molecule has 0 bridgehead atoms. The zero-order valence-electron chi connectivity index (χ0n) is 14.9. The van der Waals surface area contributed by atoms with Crippen molar-refractivity contribution in [2.45, 2.75) is 17.7 Å². The minimum atomic E-state index is -0.319. The van der Waals surface area contributed by atoms with E-state index in [2.05, 4.69) is 10.1 Å². The maximum atomic E-state index is 12.9. The highest BCUT2D eigenvalue weighted by Crippen LogP contribution is 2.34. The molecule has 4 aromatic rings. The zero-order chi connectivity index (χ0) is 19.8. The van der Waals surface area contributed by atoms with E-state index >= 15 is 0 Å². The van der Waals surface area contributed by atoms with E-state index in [0.717, 1.165) is 0 Å². The minimum Gasteiger partial charge on any atom is -0.467 e. The molecule has 5 rings (SSSR count). The molecule has 1 amide bonds. The Morgan fingerprint density at radius 3 is 2.86 bits per heavy atom. The number of carbonyl (C=O) groups excluding carboxylic acids is 1. The van der Waals surface area contributed by atoms with E-state index in [1.807, 2.05) is 12.1 Å². The number of benzene rings is 1. The van der Waals surface area contributed by atoms with Crippen LogP contribution in [-0.4, -0.2) is 27.4 Å². The molecule has 4 heterocycles. The Kier molecular flexibility index (Phi) is 4.65. The Hall–Kier alpha value is -2.97. The van der Waals surface area contributed by atoms with Crippen molar-refractivity contribution in [2.75, 3.05) is 5.75 Å². The van der Waals surface area contributed by atoms with Gasteiger partial charge in [0.2, 0.25) is 0 Å². The Bertz CT molecular complexity index is 1180. The van der Waals surface area contributed by atoms with Gasteiger partial charge in [0.25, 0.3) is 11.1 Å². The Morgan fingerprint density at radius 2 is 2.07 bits per heavy atom. The number of furan rings is 2. The lowest BCUT2D eigenvalue weighted by molar-refractivity contribution is -0.130. The number of oxazole rings is 1. The van der Waals surface area contributed by atoms with Gasteiger partial charge >= 0.3 is 0 Å². The van der Waals surface area contributed by atoms with Crippen molar-refractivity contribution in [3.05, 3.63) is 71.5 Å². The van der Waals surface area contributed by atoms with Crippen LogP contribution in [0.2, 0.25) is 5.02 Å². The molecule has 0 saturated heterocycles. The number of fused-ring (bicyclic) bond motifs is 1.